The molecular weight excluding hydrogens is 202 g/mol. The van der Waals surface area contributed by atoms with Gasteiger partial charge in [-0.3, -0.25) is 0 Å². The molecule has 1 saturated carbocycles. The summed E-state index contributed by atoms with van der Waals surface area (Å²) < 4.78 is 0. The molecule has 3 unspecified atom stereocenters. The van der Waals surface area contributed by atoms with Crippen molar-refractivity contribution in [3.8, 4) is 0 Å². The van der Waals surface area contributed by atoms with E-state index >= 15 is 0 Å². The third-order valence-electron chi connectivity index (χ3n) is 3.59. The Hall–Kier alpha value is 0.310. The summed E-state index contributed by atoms with van der Waals surface area (Å²) in [5.41, 5.74) is 0. The predicted molar refractivity (Wildman–Crippen MR) is 71.6 cm³/mol. The van der Waals surface area contributed by atoms with E-state index in [-0.39, 0.29) is 0 Å². The second-order valence-corrected chi connectivity index (χ2v) is 6.46. The van der Waals surface area contributed by atoms with E-state index in [1.54, 1.807) is 0 Å². The van der Waals surface area contributed by atoms with E-state index < -0.39 is 0 Å². The molecule has 90 valence electrons. The maximum absolute atomic E-state index is 3.83. The van der Waals surface area contributed by atoms with E-state index in [9.17, 15) is 0 Å². The topological polar surface area (TPSA) is 12.0 Å². The molecule has 2 heteroatoms. The third kappa shape index (κ3) is 4.36. The van der Waals surface area contributed by atoms with Gasteiger partial charge in [0.05, 0.1) is 0 Å². The molecule has 1 fully saturated rings. The summed E-state index contributed by atoms with van der Waals surface area (Å²) in [6.07, 6.45) is 4.25. The van der Waals surface area contributed by atoms with Crippen molar-refractivity contribution in [3.63, 3.8) is 0 Å². The standard InChI is InChI=1S/C13H27NS/c1-5-15-9-12(4)14-13-10(2)7-6-8-11(13)3/h10-14H,5-9H2,1-4H3. The van der Waals surface area contributed by atoms with E-state index in [2.05, 4.69) is 33.0 Å². The molecule has 1 aliphatic rings. The molecule has 1 aliphatic carbocycles. The minimum Gasteiger partial charge on any atom is -0.310 e. The van der Waals surface area contributed by atoms with Gasteiger partial charge in [-0.05, 0) is 37.4 Å². The normalized spacial score (nSPS) is 34.0. The summed E-state index contributed by atoms with van der Waals surface area (Å²) in [4.78, 5) is 0. The molecule has 15 heavy (non-hydrogen) atoms. The van der Waals surface area contributed by atoms with Crippen LogP contribution in [0.25, 0.3) is 0 Å². The highest BCUT2D eigenvalue weighted by molar-refractivity contribution is 7.99. The smallest absolute Gasteiger partial charge is 0.0132 e. The Kier molecular flexibility index (Phi) is 6.06. The van der Waals surface area contributed by atoms with Crippen LogP contribution in [0.2, 0.25) is 0 Å². The van der Waals surface area contributed by atoms with Gasteiger partial charge < -0.3 is 5.32 Å². The van der Waals surface area contributed by atoms with Crippen molar-refractivity contribution in [1.82, 2.24) is 5.32 Å². The van der Waals surface area contributed by atoms with Crippen LogP contribution in [0.15, 0.2) is 0 Å². The first-order valence-corrected chi connectivity index (χ1v) is 7.64. The summed E-state index contributed by atoms with van der Waals surface area (Å²) in [5, 5.41) is 3.83. The highest BCUT2D eigenvalue weighted by Gasteiger charge is 2.28. The number of rotatable bonds is 5. The molecule has 0 bridgehead atoms. The van der Waals surface area contributed by atoms with E-state index in [0.717, 1.165) is 17.9 Å². The number of thioether (sulfide) groups is 1. The van der Waals surface area contributed by atoms with Crippen LogP contribution in [-0.2, 0) is 0 Å². The molecule has 0 spiro atoms. The van der Waals surface area contributed by atoms with Gasteiger partial charge in [0, 0.05) is 17.8 Å². The van der Waals surface area contributed by atoms with Crippen LogP contribution in [0.4, 0.5) is 0 Å². The first kappa shape index (κ1) is 13.4. The van der Waals surface area contributed by atoms with Gasteiger partial charge in [-0.15, -0.1) is 0 Å². The molecule has 0 heterocycles. The number of nitrogens with one attached hydrogen (secondary N) is 1. The molecule has 0 radical (unpaired) electrons. The lowest BCUT2D eigenvalue weighted by atomic mass is 9.78. The molecule has 0 aromatic carbocycles. The number of hydrogen-bond donors (Lipinski definition) is 1. The van der Waals surface area contributed by atoms with E-state index in [1.807, 2.05) is 11.8 Å². The fourth-order valence-corrected chi connectivity index (χ4v) is 3.37. The van der Waals surface area contributed by atoms with E-state index in [1.165, 1.54) is 30.8 Å². The van der Waals surface area contributed by atoms with E-state index in [4.69, 9.17) is 0 Å². The minimum atomic E-state index is 0.669. The summed E-state index contributed by atoms with van der Waals surface area (Å²) >= 11 is 2.04. The van der Waals surface area contributed by atoms with Gasteiger partial charge >= 0.3 is 0 Å². The highest BCUT2D eigenvalue weighted by atomic mass is 32.2. The second-order valence-electron chi connectivity index (χ2n) is 5.14. The van der Waals surface area contributed by atoms with Crippen molar-refractivity contribution >= 4 is 11.8 Å². The van der Waals surface area contributed by atoms with Crippen LogP contribution in [0.1, 0.15) is 47.0 Å². The van der Waals surface area contributed by atoms with Crippen LogP contribution in [0.3, 0.4) is 0 Å². The molecule has 1 nitrogen and oxygen atoms in total. The summed E-state index contributed by atoms with van der Waals surface area (Å²) in [5.74, 6) is 4.22. The van der Waals surface area contributed by atoms with Crippen LogP contribution >= 0.6 is 11.8 Å². The molecule has 3 atom stereocenters. The van der Waals surface area contributed by atoms with Crippen molar-refractivity contribution in [1.29, 1.82) is 0 Å². The van der Waals surface area contributed by atoms with Crippen molar-refractivity contribution in [2.45, 2.75) is 59.0 Å². The zero-order valence-electron chi connectivity index (χ0n) is 10.8. The highest BCUT2D eigenvalue weighted by Crippen LogP contribution is 2.29. The van der Waals surface area contributed by atoms with Gasteiger partial charge in [0.1, 0.15) is 0 Å². The minimum absolute atomic E-state index is 0.669. The molecular formula is C13H27NS. The van der Waals surface area contributed by atoms with Crippen LogP contribution in [-0.4, -0.2) is 23.6 Å². The Morgan fingerprint density at radius 2 is 1.87 bits per heavy atom. The molecule has 0 aromatic rings. The van der Waals surface area contributed by atoms with Crippen molar-refractivity contribution in [2.24, 2.45) is 11.8 Å². The Bertz CT molecular complexity index is 162. The average molecular weight is 229 g/mol. The zero-order valence-corrected chi connectivity index (χ0v) is 11.6. The van der Waals surface area contributed by atoms with Gasteiger partial charge in [-0.1, -0.05) is 27.2 Å². The maximum Gasteiger partial charge on any atom is 0.0132 e. The van der Waals surface area contributed by atoms with Crippen LogP contribution < -0.4 is 5.32 Å². The lowest BCUT2D eigenvalue weighted by Crippen LogP contribution is -2.47. The first-order valence-electron chi connectivity index (χ1n) is 6.49. The molecule has 1 N–H and O–H groups in total. The summed E-state index contributed by atoms with van der Waals surface area (Å²) in [6.45, 7) is 9.39. The van der Waals surface area contributed by atoms with Crippen molar-refractivity contribution in [2.75, 3.05) is 11.5 Å². The molecule has 0 aromatic heterocycles. The fourth-order valence-electron chi connectivity index (χ4n) is 2.68. The Morgan fingerprint density at radius 1 is 1.27 bits per heavy atom. The zero-order chi connectivity index (χ0) is 11.3. The predicted octanol–water partition coefficient (Wildman–Crippen LogP) is 3.54. The van der Waals surface area contributed by atoms with Crippen LogP contribution in [0, 0.1) is 11.8 Å². The lowest BCUT2D eigenvalue weighted by Gasteiger charge is -2.37. The Morgan fingerprint density at radius 3 is 2.40 bits per heavy atom. The fraction of sp³-hybridized carbons (Fsp3) is 1.00. The largest absolute Gasteiger partial charge is 0.310 e. The van der Waals surface area contributed by atoms with Gasteiger partial charge in [0.25, 0.3) is 0 Å². The van der Waals surface area contributed by atoms with Gasteiger partial charge in [-0.2, -0.15) is 11.8 Å². The SMILES string of the molecule is CCSCC(C)NC1C(C)CCCC1C. The number of hydrogen-bond acceptors (Lipinski definition) is 2. The van der Waals surface area contributed by atoms with Gasteiger partial charge in [0.2, 0.25) is 0 Å². The van der Waals surface area contributed by atoms with Crippen LogP contribution in [0.5, 0.6) is 0 Å². The quantitative estimate of drug-likeness (QED) is 0.774. The summed E-state index contributed by atoms with van der Waals surface area (Å²) in [6, 6.07) is 1.43. The summed E-state index contributed by atoms with van der Waals surface area (Å²) in [7, 11) is 0. The third-order valence-corrected chi connectivity index (χ3v) is 4.74. The lowest BCUT2D eigenvalue weighted by molar-refractivity contribution is 0.199. The van der Waals surface area contributed by atoms with Gasteiger partial charge in [-0.25, -0.2) is 0 Å². The molecule has 1 rings (SSSR count). The average Bonchev–Trinajstić information content (AvgIpc) is 2.21. The molecule has 0 amide bonds. The first-order chi connectivity index (χ1) is 7.15. The molecule has 0 saturated heterocycles. The Balaban J connectivity index is 2.33. The second kappa shape index (κ2) is 6.80. The van der Waals surface area contributed by atoms with E-state index in [0.29, 0.717) is 6.04 Å². The maximum atomic E-state index is 3.83. The molecule has 0 aliphatic heterocycles. The Labute approximate surface area is 99.8 Å². The van der Waals surface area contributed by atoms with Crippen molar-refractivity contribution < 1.29 is 0 Å². The van der Waals surface area contributed by atoms with Gasteiger partial charge in [0.15, 0.2) is 0 Å². The monoisotopic (exact) mass is 229 g/mol. The van der Waals surface area contributed by atoms with Crippen molar-refractivity contribution in [3.05, 3.63) is 0 Å².